The van der Waals surface area contributed by atoms with Gasteiger partial charge in [-0.3, -0.25) is 14.7 Å². The maximum atomic E-state index is 12.6. The van der Waals surface area contributed by atoms with Crippen LogP contribution in [0.25, 0.3) is 44.7 Å². The highest BCUT2D eigenvalue weighted by Crippen LogP contribution is 2.30. The first-order valence-electron chi connectivity index (χ1n) is 10.8. The minimum Gasteiger partial charge on any atom is -0.345 e. The number of hydrogen-bond acceptors (Lipinski definition) is 6. The fraction of sp³-hybridized carbons (Fsp3) is 0.167. The van der Waals surface area contributed by atoms with Gasteiger partial charge in [0.05, 0.1) is 16.5 Å². The van der Waals surface area contributed by atoms with Crippen molar-refractivity contribution in [1.29, 1.82) is 0 Å². The van der Waals surface area contributed by atoms with Crippen molar-refractivity contribution in [2.45, 2.75) is 13.3 Å². The average molecular weight is 454 g/mol. The number of nitrogens with zero attached hydrogens (tertiary/aromatic N) is 5. The van der Waals surface area contributed by atoms with Gasteiger partial charge in [0.15, 0.2) is 11.5 Å². The highest BCUT2D eigenvalue weighted by atomic mass is 16.2. The Hall–Kier alpha value is -4.60. The highest BCUT2D eigenvalue weighted by molar-refractivity contribution is 6.05. The number of anilines is 1. The summed E-state index contributed by atoms with van der Waals surface area (Å²) in [5.41, 5.74) is 4.76. The van der Waals surface area contributed by atoms with Gasteiger partial charge in [0.25, 0.3) is 5.91 Å². The van der Waals surface area contributed by atoms with E-state index in [1.165, 1.54) is 4.90 Å². The van der Waals surface area contributed by atoms with Crippen LogP contribution in [0.4, 0.5) is 5.82 Å². The lowest BCUT2D eigenvalue weighted by Crippen LogP contribution is -2.21. The quantitative estimate of drug-likeness (QED) is 0.372. The predicted octanol–water partition coefficient (Wildman–Crippen LogP) is 3.61. The molecule has 34 heavy (non-hydrogen) atoms. The van der Waals surface area contributed by atoms with E-state index in [9.17, 15) is 9.59 Å². The molecule has 0 radical (unpaired) electrons. The second-order valence-corrected chi connectivity index (χ2v) is 8.01. The molecule has 0 atom stereocenters. The normalized spacial score (nSPS) is 11.1. The SMILES string of the molecule is CCC(=O)Nc1ccc(-c2cnc3[nH]nc(-c4nc5c(C(=O)N(C)C)cccc5[nH]4)c3c2)cn1. The van der Waals surface area contributed by atoms with Gasteiger partial charge in [-0.15, -0.1) is 0 Å². The largest absolute Gasteiger partial charge is 0.345 e. The number of aromatic amines is 2. The zero-order valence-corrected chi connectivity index (χ0v) is 18.9. The molecule has 2 amide bonds. The number of aromatic nitrogens is 6. The van der Waals surface area contributed by atoms with E-state index in [0.717, 1.165) is 22.0 Å². The van der Waals surface area contributed by atoms with E-state index >= 15 is 0 Å². The molecule has 5 aromatic rings. The number of hydrogen-bond donors (Lipinski definition) is 3. The molecule has 0 unspecified atom stereocenters. The highest BCUT2D eigenvalue weighted by Gasteiger charge is 2.19. The lowest BCUT2D eigenvalue weighted by atomic mass is 10.1. The lowest BCUT2D eigenvalue weighted by molar-refractivity contribution is -0.115. The Kier molecular flexibility index (Phi) is 5.25. The van der Waals surface area contributed by atoms with Gasteiger partial charge in [-0.1, -0.05) is 13.0 Å². The summed E-state index contributed by atoms with van der Waals surface area (Å²) in [5, 5.41) is 10.9. The molecule has 0 saturated heterocycles. The van der Waals surface area contributed by atoms with Crippen molar-refractivity contribution in [3.63, 3.8) is 0 Å². The molecule has 1 aromatic carbocycles. The van der Waals surface area contributed by atoms with Crippen molar-refractivity contribution in [2.75, 3.05) is 19.4 Å². The standard InChI is InChI=1S/C24H22N8O2/c1-4-19(33)28-18-9-8-13(11-25-18)14-10-16-21(30-31-22(16)26-12-14)23-27-17-7-5-6-15(20(17)29-23)24(34)32(2)3/h5-12H,4H2,1-3H3,(H,27,29)(H,25,28,33)(H,26,30,31). The summed E-state index contributed by atoms with van der Waals surface area (Å²) < 4.78 is 0. The number of fused-ring (bicyclic) bond motifs is 2. The van der Waals surface area contributed by atoms with Gasteiger partial charge < -0.3 is 15.2 Å². The molecule has 10 heteroatoms. The number of carbonyl (C=O) groups excluding carboxylic acids is 2. The number of H-pyrrole nitrogens is 2. The third-order valence-corrected chi connectivity index (χ3v) is 5.48. The minimum absolute atomic E-state index is 0.0901. The Bertz CT molecular complexity index is 1530. The molecule has 4 aromatic heterocycles. The maximum Gasteiger partial charge on any atom is 0.255 e. The molecular weight excluding hydrogens is 432 g/mol. The molecule has 0 aliphatic heterocycles. The fourth-order valence-electron chi connectivity index (χ4n) is 3.67. The van der Waals surface area contributed by atoms with Crippen LogP contribution < -0.4 is 5.32 Å². The van der Waals surface area contributed by atoms with Gasteiger partial charge in [-0.25, -0.2) is 15.0 Å². The van der Waals surface area contributed by atoms with Crippen molar-refractivity contribution in [1.82, 2.24) is 35.0 Å². The molecule has 0 bridgehead atoms. The van der Waals surface area contributed by atoms with E-state index in [-0.39, 0.29) is 11.8 Å². The molecular formula is C24H22N8O2. The van der Waals surface area contributed by atoms with Crippen LogP contribution >= 0.6 is 0 Å². The summed E-state index contributed by atoms with van der Waals surface area (Å²) >= 11 is 0. The van der Waals surface area contributed by atoms with E-state index < -0.39 is 0 Å². The number of rotatable bonds is 5. The number of para-hydroxylation sites is 1. The van der Waals surface area contributed by atoms with Crippen molar-refractivity contribution in [3.8, 4) is 22.6 Å². The monoisotopic (exact) mass is 454 g/mol. The summed E-state index contributed by atoms with van der Waals surface area (Å²) in [6, 6.07) is 11.1. The average Bonchev–Trinajstić information content (AvgIpc) is 3.47. The van der Waals surface area contributed by atoms with Crippen LogP contribution in [0.5, 0.6) is 0 Å². The van der Waals surface area contributed by atoms with Crippen molar-refractivity contribution in [3.05, 3.63) is 54.4 Å². The van der Waals surface area contributed by atoms with Gasteiger partial charge in [0.2, 0.25) is 5.91 Å². The zero-order chi connectivity index (χ0) is 23.8. The third kappa shape index (κ3) is 3.75. The number of amides is 2. The molecule has 3 N–H and O–H groups in total. The molecule has 0 saturated carbocycles. The van der Waals surface area contributed by atoms with Crippen molar-refractivity contribution >= 4 is 39.7 Å². The summed E-state index contributed by atoms with van der Waals surface area (Å²) in [6.45, 7) is 1.79. The first kappa shape index (κ1) is 21.3. The summed E-state index contributed by atoms with van der Waals surface area (Å²) in [5.74, 6) is 0.826. The molecule has 170 valence electrons. The molecule has 5 rings (SSSR count). The molecule has 0 aliphatic rings. The number of imidazole rings is 1. The number of carbonyl (C=O) groups is 2. The maximum absolute atomic E-state index is 12.6. The van der Waals surface area contributed by atoms with Crippen LogP contribution in [0, 0.1) is 0 Å². The Balaban J connectivity index is 1.54. The molecule has 10 nitrogen and oxygen atoms in total. The topological polar surface area (TPSA) is 133 Å². The second kappa shape index (κ2) is 8.39. The van der Waals surface area contributed by atoms with Gasteiger partial charge >= 0.3 is 0 Å². The molecule has 0 spiro atoms. The molecule has 0 aliphatic carbocycles. The second-order valence-electron chi connectivity index (χ2n) is 8.01. The van der Waals surface area contributed by atoms with Crippen LogP contribution in [0.2, 0.25) is 0 Å². The predicted molar refractivity (Wildman–Crippen MR) is 129 cm³/mol. The summed E-state index contributed by atoms with van der Waals surface area (Å²) in [7, 11) is 3.42. The van der Waals surface area contributed by atoms with E-state index in [2.05, 4.69) is 30.5 Å². The van der Waals surface area contributed by atoms with Crippen LogP contribution in [0.15, 0.2) is 48.8 Å². The minimum atomic E-state index is -0.120. The zero-order valence-electron chi connectivity index (χ0n) is 18.9. The van der Waals surface area contributed by atoms with Crippen LogP contribution in [-0.2, 0) is 4.79 Å². The molecule has 4 heterocycles. The number of nitrogens with one attached hydrogen (secondary N) is 3. The Labute approximate surface area is 194 Å². The smallest absolute Gasteiger partial charge is 0.255 e. The van der Waals surface area contributed by atoms with E-state index in [4.69, 9.17) is 4.98 Å². The number of benzene rings is 1. The van der Waals surface area contributed by atoms with Gasteiger partial charge in [0.1, 0.15) is 17.0 Å². The molecule has 0 fully saturated rings. The Morgan fingerprint density at radius 3 is 2.62 bits per heavy atom. The Morgan fingerprint density at radius 1 is 1.06 bits per heavy atom. The van der Waals surface area contributed by atoms with E-state index in [1.807, 2.05) is 24.3 Å². The van der Waals surface area contributed by atoms with Crippen LogP contribution in [0.3, 0.4) is 0 Å². The van der Waals surface area contributed by atoms with E-state index in [0.29, 0.717) is 40.5 Å². The van der Waals surface area contributed by atoms with Crippen LogP contribution in [0.1, 0.15) is 23.7 Å². The van der Waals surface area contributed by atoms with Gasteiger partial charge in [-0.05, 0) is 30.3 Å². The fourth-order valence-corrected chi connectivity index (χ4v) is 3.67. The third-order valence-electron chi connectivity index (χ3n) is 5.48. The Morgan fingerprint density at radius 2 is 1.88 bits per heavy atom. The lowest BCUT2D eigenvalue weighted by Gasteiger charge is -2.09. The van der Waals surface area contributed by atoms with Gasteiger partial charge in [0, 0.05) is 44.0 Å². The number of pyridine rings is 2. The first-order chi connectivity index (χ1) is 16.4. The van der Waals surface area contributed by atoms with Crippen molar-refractivity contribution < 1.29 is 9.59 Å². The van der Waals surface area contributed by atoms with E-state index in [1.54, 1.807) is 45.5 Å². The van der Waals surface area contributed by atoms with Crippen LogP contribution in [-0.4, -0.2) is 60.9 Å². The van der Waals surface area contributed by atoms with Gasteiger partial charge in [-0.2, -0.15) is 5.10 Å². The van der Waals surface area contributed by atoms with Crippen molar-refractivity contribution in [2.24, 2.45) is 0 Å². The summed E-state index contributed by atoms with van der Waals surface area (Å²) in [4.78, 5) is 42.5. The summed E-state index contributed by atoms with van der Waals surface area (Å²) in [6.07, 6.45) is 3.81. The first-order valence-corrected chi connectivity index (χ1v) is 10.8.